The molecule has 0 fully saturated rings. The van der Waals surface area contributed by atoms with Crippen LogP contribution in [0.3, 0.4) is 0 Å². The van der Waals surface area contributed by atoms with E-state index in [1.165, 1.54) is 25.5 Å². The topological polar surface area (TPSA) is 94.6 Å². The molecule has 0 aliphatic heterocycles. The Balaban J connectivity index is 2.17. The Bertz CT molecular complexity index is 678. The summed E-state index contributed by atoms with van der Waals surface area (Å²) < 4.78 is 9.69. The first-order valence-corrected chi connectivity index (χ1v) is 6.16. The number of non-ortho nitro benzene ring substituents is 1. The molecule has 0 aliphatic rings. The summed E-state index contributed by atoms with van der Waals surface area (Å²) >= 11 is 0. The zero-order valence-electron chi connectivity index (χ0n) is 11.6. The fourth-order valence-electron chi connectivity index (χ4n) is 1.85. The van der Waals surface area contributed by atoms with E-state index in [4.69, 9.17) is 4.42 Å². The van der Waals surface area contributed by atoms with Crippen molar-refractivity contribution in [2.24, 2.45) is 0 Å². The number of esters is 1. The van der Waals surface area contributed by atoms with Gasteiger partial charge in [0.15, 0.2) is 0 Å². The maximum Gasteiger partial charge on any atom is 0.374 e. The lowest BCUT2D eigenvalue weighted by Crippen LogP contribution is -2.07. The van der Waals surface area contributed by atoms with Crippen molar-refractivity contribution in [3.05, 3.63) is 57.5 Å². The molecule has 7 nitrogen and oxygen atoms in total. The minimum absolute atomic E-state index is 0.00323. The summed E-state index contributed by atoms with van der Waals surface area (Å²) in [5.74, 6) is -0.444. The van der Waals surface area contributed by atoms with Gasteiger partial charge in [0, 0.05) is 29.9 Å². The molecule has 110 valence electrons. The molecular formula is C14H14N2O5. The second-order valence-electron chi connectivity index (χ2n) is 4.38. The highest BCUT2D eigenvalue weighted by molar-refractivity contribution is 5.87. The smallest absolute Gasteiger partial charge is 0.374 e. The van der Waals surface area contributed by atoms with E-state index >= 15 is 0 Å². The molecule has 1 heterocycles. The fourth-order valence-corrected chi connectivity index (χ4v) is 1.85. The maximum atomic E-state index is 11.5. The highest BCUT2D eigenvalue weighted by Crippen LogP contribution is 2.23. The lowest BCUT2D eigenvalue weighted by atomic mass is 10.1. The number of methoxy groups -OCH3 is 1. The van der Waals surface area contributed by atoms with Gasteiger partial charge in [-0.1, -0.05) is 6.07 Å². The van der Waals surface area contributed by atoms with Crippen LogP contribution in [0.1, 0.15) is 21.7 Å². The molecule has 2 rings (SSSR count). The highest BCUT2D eigenvalue weighted by Gasteiger charge is 2.16. The molecule has 0 unspecified atom stereocenters. The van der Waals surface area contributed by atoms with Gasteiger partial charge in [0.25, 0.3) is 5.69 Å². The van der Waals surface area contributed by atoms with Crippen LogP contribution in [0.15, 0.2) is 34.9 Å². The van der Waals surface area contributed by atoms with E-state index < -0.39 is 10.9 Å². The quantitative estimate of drug-likeness (QED) is 0.517. The number of benzene rings is 1. The summed E-state index contributed by atoms with van der Waals surface area (Å²) in [6.45, 7) is 2.13. The minimum Gasteiger partial charge on any atom is -0.463 e. The first-order valence-electron chi connectivity index (χ1n) is 6.16. The second-order valence-corrected chi connectivity index (χ2v) is 4.38. The number of aryl methyl sites for hydroxylation is 1. The average Bonchev–Trinajstić information content (AvgIpc) is 2.93. The van der Waals surface area contributed by atoms with Crippen LogP contribution in [0.2, 0.25) is 0 Å². The number of nitro benzene ring substituents is 1. The van der Waals surface area contributed by atoms with Gasteiger partial charge in [-0.3, -0.25) is 10.1 Å². The first-order chi connectivity index (χ1) is 10.0. The van der Waals surface area contributed by atoms with Crippen LogP contribution in [-0.4, -0.2) is 18.0 Å². The molecule has 2 aromatic rings. The van der Waals surface area contributed by atoms with Crippen molar-refractivity contribution < 1.29 is 18.9 Å². The first kappa shape index (κ1) is 14.6. The number of nitrogens with zero attached hydrogens (tertiary/aromatic N) is 1. The number of carbonyl (C=O) groups excluding carboxylic acids is 1. The molecule has 1 aromatic heterocycles. The van der Waals surface area contributed by atoms with Gasteiger partial charge in [-0.25, -0.2) is 4.79 Å². The van der Waals surface area contributed by atoms with E-state index in [0.29, 0.717) is 17.8 Å². The Morgan fingerprint density at radius 1 is 1.43 bits per heavy atom. The minimum atomic E-state index is -0.562. The second kappa shape index (κ2) is 6.08. The van der Waals surface area contributed by atoms with E-state index in [-0.39, 0.29) is 11.4 Å². The van der Waals surface area contributed by atoms with Crippen LogP contribution in [-0.2, 0) is 11.3 Å². The van der Waals surface area contributed by atoms with Crippen LogP contribution in [0.25, 0.3) is 0 Å². The van der Waals surface area contributed by atoms with Gasteiger partial charge in [-0.15, -0.1) is 0 Å². The fraction of sp³-hybridized carbons (Fsp3) is 0.214. The number of hydrogen-bond acceptors (Lipinski definition) is 6. The lowest BCUT2D eigenvalue weighted by Gasteiger charge is -2.09. The lowest BCUT2D eigenvalue weighted by molar-refractivity contribution is -0.384. The summed E-state index contributed by atoms with van der Waals surface area (Å²) in [6, 6.07) is 6.20. The number of carbonyl (C=O) groups is 1. The van der Waals surface area contributed by atoms with Gasteiger partial charge in [-0.2, -0.15) is 0 Å². The van der Waals surface area contributed by atoms with Crippen LogP contribution in [0, 0.1) is 17.0 Å². The summed E-state index contributed by atoms with van der Waals surface area (Å²) in [5, 5.41) is 13.8. The summed E-state index contributed by atoms with van der Waals surface area (Å²) in [5.41, 5.74) is 2.11. The van der Waals surface area contributed by atoms with Crippen LogP contribution < -0.4 is 5.32 Å². The molecule has 1 N–H and O–H groups in total. The van der Waals surface area contributed by atoms with Crippen molar-refractivity contribution in [2.75, 3.05) is 12.4 Å². The Hall–Kier alpha value is -2.83. The molecule has 0 aliphatic carbocycles. The molecule has 7 heteroatoms. The van der Waals surface area contributed by atoms with Crippen molar-refractivity contribution >= 4 is 17.3 Å². The summed E-state index contributed by atoms with van der Waals surface area (Å²) in [6.07, 6.45) is 1.39. The summed E-state index contributed by atoms with van der Waals surface area (Å²) in [4.78, 5) is 21.8. The molecular weight excluding hydrogens is 276 g/mol. The summed E-state index contributed by atoms with van der Waals surface area (Å²) in [7, 11) is 1.27. The SMILES string of the molecule is COC(=O)c1occc1CNc1cc([N+](=O)[O-])ccc1C. The average molecular weight is 290 g/mol. The van der Waals surface area contributed by atoms with Crippen LogP contribution in [0.4, 0.5) is 11.4 Å². The predicted octanol–water partition coefficient (Wildman–Crippen LogP) is 2.89. The predicted molar refractivity (Wildman–Crippen MR) is 75.2 cm³/mol. The Morgan fingerprint density at radius 2 is 2.19 bits per heavy atom. The van der Waals surface area contributed by atoms with E-state index in [1.807, 2.05) is 6.92 Å². The van der Waals surface area contributed by atoms with Crippen LogP contribution >= 0.6 is 0 Å². The molecule has 0 amide bonds. The van der Waals surface area contributed by atoms with Crippen LogP contribution in [0.5, 0.6) is 0 Å². The normalized spacial score (nSPS) is 10.2. The molecule has 0 saturated heterocycles. The monoisotopic (exact) mass is 290 g/mol. The Kier molecular flexibility index (Phi) is 4.22. The number of nitro groups is 1. The number of furan rings is 1. The van der Waals surface area contributed by atoms with Gasteiger partial charge < -0.3 is 14.5 Å². The third-order valence-electron chi connectivity index (χ3n) is 3.02. The third kappa shape index (κ3) is 3.19. The van der Waals surface area contributed by atoms with Gasteiger partial charge in [0.05, 0.1) is 18.3 Å². The molecule has 21 heavy (non-hydrogen) atoms. The van der Waals surface area contributed by atoms with Gasteiger partial charge in [0.1, 0.15) is 0 Å². The number of anilines is 1. The molecule has 1 aromatic carbocycles. The van der Waals surface area contributed by atoms with E-state index in [2.05, 4.69) is 10.1 Å². The largest absolute Gasteiger partial charge is 0.463 e. The number of rotatable bonds is 5. The van der Waals surface area contributed by atoms with Crippen molar-refractivity contribution in [1.82, 2.24) is 0 Å². The van der Waals surface area contributed by atoms with Gasteiger partial charge >= 0.3 is 5.97 Å². The molecule has 0 atom stereocenters. The van der Waals surface area contributed by atoms with Crippen molar-refractivity contribution in [3.63, 3.8) is 0 Å². The number of ether oxygens (including phenoxy) is 1. The zero-order valence-corrected chi connectivity index (χ0v) is 11.6. The standard InChI is InChI=1S/C14H14N2O5/c1-9-3-4-11(16(18)19)7-12(9)15-8-10-5-6-21-13(10)14(17)20-2/h3-7,15H,8H2,1-2H3. The molecule has 0 radical (unpaired) electrons. The van der Waals surface area contributed by atoms with Gasteiger partial charge in [0.2, 0.25) is 5.76 Å². The number of hydrogen-bond donors (Lipinski definition) is 1. The third-order valence-corrected chi connectivity index (χ3v) is 3.02. The molecule has 0 saturated carbocycles. The van der Waals surface area contributed by atoms with E-state index in [9.17, 15) is 14.9 Å². The molecule has 0 spiro atoms. The van der Waals surface area contributed by atoms with Crippen molar-refractivity contribution in [2.45, 2.75) is 13.5 Å². The number of nitrogens with one attached hydrogen (secondary N) is 1. The van der Waals surface area contributed by atoms with Crippen molar-refractivity contribution in [1.29, 1.82) is 0 Å². The van der Waals surface area contributed by atoms with E-state index in [1.54, 1.807) is 12.1 Å². The Morgan fingerprint density at radius 3 is 2.86 bits per heavy atom. The van der Waals surface area contributed by atoms with E-state index in [0.717, 1.165) is 5.56 Å². The Labute approximate surface area is 120 Å². The maximum absolute atomic E-state index is 11.5. The highest BCUT2D eigenvalue weighted by atomic mass is 16.6. The molecule has 0 bridgehead atoms. The van der Waals surface area contributed by atoms with Gasteiger partial charge in [-0.05, 0) is 18.6 Å². The van der Waals surface area contributed by atoms with Crippen molar-refractivity contribution in [3.8, 4) is 0 Å². The zero-order chi connectivity index (χ0) is 15.4.